The summed E-state index contributed by atoms with van der Waals surface area (Å²) in [5.74, 6) is 3.43. The van der Waals surface area contributed by atoms with E-state index in [1.165, 1.54) is 25.7 Å². The van der Waals surface area contributed by atoms with Crippen molar-refractivity contribution in [2.75, 3.05) is 0 Å². The third-order valence-corrected chi connectivity index (χ3v) is 2.71. The first-order valence-electron chi connectivity index (χ1n) is 5.39. The lowest BCUT2D eigenvalue weighted by Crippen LogP contribution is -2.07. The van der Waals surface area contributed by atoms with Gasteiger partial charge >= 0.3 is 0 Å². The van der Waals surface area contributed by atoms with Gasteiger partial charge in [-0.3, -0.25) is 0 Å². The van der Waals surface area contributed by atoms with Crippen LogP contribution in [0, 0.1) is 17.8 Å². The Bertz CT molecular complexity index is 94.2. The molecule has 0 aliphatic carbocycles. The zero-order chi connectivity index (χ0) is 9.56. The van der Waals surface area contributed by atoms with E-state index in [0.29, 0.717) is 0 Å². The molecule has 0 saturated heterocycles. The molecule has 73 valence electrons. The van der Waals surface area contributed by atoms with Crippen molar-refractivity contribution in [2.24, 2.45) is 11.8 Å². The second kappa shape index (κ2) is 6.51. The van der Waals surface area contributed by atoms with Crippen LogP contribution in [0.5, 0.6) is 0 Å². The highest BCUT2D eigenvalue weighted by Crippen LogP contribution is 2.24. The van der Waals surface area contributed by atoms with Crippen molar-refractivity contribution in [3.63, 3.8) is 0 Å². The average molecular weight is 169 g/mol. The van der Waals surface area contributed by atoms with Crippen molar-refractivity contribution >= 4 is 0 Å². The Kier molecular flexibility index (Phi) is 6.51. The summed E-state index contributed by atoms with van der Waals surface area (Å²) >= 11 is 0. The van der Waals surface area contributed by atoms with Crippen molar-refractivity contribution < 1.29 is 0 Å². The molecule has 0 saturated carbocycles. The summed E-state index contributed by atoms with van der Waals surface area (Å²) < 4.78 is 0. The molecule has 2 atom stereocenters. The van der Waals surface area contributed by atoms with E-state index >= 15 is 0 Å². The van der Waals surface area contributed by atoms with Crippen molar-refractivity contribution in [3.8, 4) is 0 Å². The summed E-state index contributed by atoms with van der Waals surface area (Å²) in [4.78, 5) is 0. The van der Waals surface area contributed by atoms with Gasteiger partial charge in [-0.15, -0.1) is 0 Å². The fraction of sp³-hybridized carbons (Fsp3) is 0.917. The Morgan fingerprint density at radius 1 is 1.08 bits per heavy atom. The van der Waals surface area contributed by atoms with Crippen molar-refractivity contribution in [1.82, 2.24) is 0 Å². The molecule has 12 heavy (non-hydrogen) atoms. The molecule has 0 bridgehead atoms. The van der Waals surface area contributed by atoms with E-state index in [0.717, 1.165) is 11.8 Å². The summed E-state index contributed by atoms with van der Waals surface area (Å²) in [5, 5.41) is 0. The molecule has 0 heteroatoms. The fourth-order valence-corrected chi connectivity index (χ4v) is 1.71. The molecule has 0 aromatic carbocycles. The number of hydrogen-bond acceptors (Lipinski definition) is 0. The van der Waals surface area contributed by atoms with Gasteiger partial charge < -0.3 is 0 Å². The molecule has 0 heterocycles. The Labute approximate surface area is 78.8 Å². The van der Waals surface area contributed by atoms with Crippen LogP contribution in [0.3, 0.4) is 0 Å². The zero-order valence-electron chi connectivity index (χ0n) is 9.48. The maximum Gasteiger partial charge on any atom is -0.0300 e. The molecule has 0 aliphatic rings. The Hall–Kier alpha value is 0. The van der Waals surface area contributed by atoms with Gasteiger partial charge in [0.05, 0.1) is 0 Å². The van der Waals surface area contributed by atoms with Gasteiger partial charge in [-0.25, -0.2) is 0 Å². The van der Waals surface area contributed by atoms with Crippen LogP contribution in [-0.4, -0.2) is 0 Å². The molecule has 0 amide bonds. The summed E-state index contributed by atoms with van der Waals surface area (Å²) in [7, 11) is 0. The monoisotopic (exact) mass is 169 g/mol. The molecule has 0 aromatic rings. The minimum atomic E-state index is 0.911. The van der Waals surface area contributed by atoms with E-state index in [4.69, 9.17) is 0 Å². The lowest BCUT2D eigenvalue weighted by molar-refractivity contribution is 0.360. The van der Waals surface area contributed by atoms with Crippen LogP contribution >= 0.6 is 0 Å². The molecular formula is C12H25. The second-order valence-corrected chi connectivity index (χ2v) is 4.43. The quantitative estimate of drug-likeness (QED) is 0.551. The molecule has 1 radical (unpaired) electrons. The highest BCUT2D eigenvalue weighted by Gasteiger charge is 2.11. The lowest BCUT2D eigenvalue weighted by Gasteiger charge is -2.20. The largest absolute Gasteiger partial charge is 0.0651 e. The first-order chi connectivity index (χ1) is 5.60. The topological polar surface area (TPSA) is 0 Å². The van der Waals surface area contributed by atoms with Crippen LogP contribution in [0.4, 0.5) is 0 Å². The van der Waals surface area contributed by atoms with E-state index in [-0.39, 0.29) is 0 Å². The number of rotatable bonds is 6. The molecule has 0 fully saturated rings. The van der Waals surface area contributed by atoms with Crippen LogP contribution in [-0.2, 0) is 0 Å². The lowest BCUT2D eigenvalue weighted by atomic mass is 9.86. The normalized spacial score (nSPS) is 16.5. The molecule has 0 rings (SSSR count). The predicted octanol–water partition coefficient (Wildman–Crippen LogP) is 4.45. The van der Waals surface area contributed by atoms with E-state index in [9.17, 15) is 0 Å². The number of hydrogen-bond donors (Lipinski definition) is 0. The van der Waals surface area contributed by atoms with Gasteiger partial charge in [-0.05, 0) is 30.6 Å². The third kappa shape index (κ3) is 5.62. The molecule has 0 spiro atoms. The van der Waals surface area contributed by atoms with Crippen molar-refractivity contribution in [3.05, 3.63) is 5.92 Å². The third-order valence-electron chi connectivity index (χ3n) is 2.71. The standard InChI is InChI=1S/C12H25/c1-6-11(5)9-12(7-2)8-10(3)4/h11-12H,6-9H2,1-5H3. The summed E-state index contributed by atoms with van der Waals surface area (Å²) in [6, 6.07) is 0. The summed E-state index contributed by atoms with van der Waals surface area (Å²) in [6.45, 7) is 11.5. The zero-order valence-corrected chi connectivity index (χ0v) is 9.48. The molecule has 0 N–H and O–H groups in total. The fourth-order valence-electron chi connectivity index (χ4n) is 1.71. The highest BCUT2D eigenvalue weighted by atomic mass is 14.2. The Morgan fingerprint density at radius 3 is 2.00 bits per heavy atom. The maximum atomic E-state index is 2.37. The van der Waals surface area contributed by atoms with Gasteiger partial charge in [0.1, 0.15) is 0 Å². The minimum Gasteiger partial charge on any atom is -0.0651 e. The first-order valence-corrected chi connectivity index (χ1v) is 5.39. The van der Waals surface area contributed by atoms with Gasteiger partial charge in [-0.1, -0.05) is 47.5 Å². The summed E-state index contributed by atoms with van der Waals surface area (Å²) in [6.07, 6.45) is 5.42. The van der Waals surface area contributed by atoms with Crippen LogP contribution in [0.15, 0.2) is 0 Å². The van der Waals surface area contributed by atoms with Crippen molar-refractivity contribution in [1.29, 1.82) is 0 Å². The Balaban J connectivity index is 3.66. The highest BCUT2D eigenvalue weighted by molar-refractivity contribution is 4.80. The molecule has 0 aliphatic heterocycles. The molecule has 2 unspecified atom stereocenters. The molecule has 0 aromatic heterocycles. The Morgan fingerprint density at radius 2 is 1.67 bits per heavy atom. The predicted molar refractivity (Wildman–Crippen MR) is 57.1 cm³/mol. The van der Waals surface area contributed by atoms with E-state index < -0.39 is 0 Å². The first kappa shape index (κ1) is 12.0. The molecule has 0 nitrogen and oxygen atoms in total. The van der Waals surface area contributed by atoms with Gasteiger partial charge in [0.15, 0.2) is 0 Å². The van der Waals surface area contributed by atoms with E-state index in [1.54, 1.807) is 5.92 Å². The van der Waals surface area contributed by atoms with Gasteiger partial charge in [-0.2, -0.15) is 0 Å². The van der Waals surface area contributed by atoms with Crippen LogP contribution in [0.1, 0.15) is 60.3 Å². The van der Waals surface area contributed by atoms with Gasteiger partial charge in [0.25, 0.3) is 0 Å². The van der Waals surface area contributed by atoms with Crippen LogP contribution in [0.2, 0.25) is 0 Å². The van der Waals surface area contributed by atoms with E-state index in [1.807, 2.05) is 0 Å². The SMILES string of the molecule is CCC(C)CC(CC)C[C](C)C. The van der Waals surface area contributed by atoms with Gasteiger partial charge in [0, 0.05) is 0 Å². The van der Waals surface area contributed by atoms with Crippen molar-refractivity contribution in [2.45, 2.75) is 60.3 Å². The maximum absolute atomic E-state index is 2.37. The average Bonchev–Trinajstić information content (AvgIpc) is 2.02. The second-order valence-electron chi connectivity index (χ2n) is 4.43. The smallest absolute Gasteiger partial charge is 0.0300 e. The summed E-state index contributed by atoms with van der Waals surface area (Å²) in [5.41, 5.74) is 0. The molecular weight excluding hydrogens is 144 g/mol. The van der Waals surface area contributed by atoms with Gasteiger partial charge in [0.2, 0.25) is 0 Å². The van der Waals surface area contributed by atoms with Crippen LogP contribution < -0.4 is 0 Å². The minimum absolute atomic E-state index is 0.911. The van der Waals surface area contributed by atoms with E-state index in [2.05, 4.69) is 34.6 Å². The van der Waals surface area contributed by atoms with Crippen LogP contribution in [0.25, 0.3) is 0 Å².